The molecule has 0 saturated carbocycles. The standard InChI is InChI=1S/C20H18N4O2/c1-2-6-15(7-3-1)19-16-8-4-10-23(16)11-12-24(19)14-18-21-22-20(26-18)17-9-5-13-25-17/h1-10,13,19H,11-12,14H2. The van der Waals surface area contributed by atoms with Crippen LogP contribution in [0.15, 0.2) is 75.9 Å². The fraction of sp³-hybridized carbons (Fsp3) is 0.200. The second-order valence-corrected chi connectivity index (χ2v) is 6.39. The maximum Gasteiger partial charge on any atom is 0.283 e. The van der Waals surface area contributed by atoms with E-state index in [4.69, 9.17) is 8.83 Å². The second-order valence-electron chi connectivity index (χ2n) is 6.39. The van der Waals surface area contributed by atoms with E-state index in [1.165, 1.54) is 11.3 Å². The Bertz CT molecular complexity index is 988. The highest BCUT2D eigenvalue weighted by atomic mass is 16.4. The van der Waals surface area contributed by atoms with Crippen molar-refractivity contribution >= 4 is 0 Å². The number of furan rings is 1. The number of hydrogen-bond donors (Lipinski definition) is 0. The lowest BCUT2D eigenvalue weighted by atomic mass is 10.00. The fourth-order valence-electron chi connectivity index (χ4n) is 3.61. The summed E-state index contributed by atoms with van der Waals surface area (Å²) < 4.78 is 13.5. The topological polar surface area (TPSA) is 60.2 Å². The van der Waals surface area contributed by atoms with Crippen molar-refractivity contribution in [2.75, 3.05) is 6.54 Å². The van der Waals surface area contributed by atoms with Gasteiger partial charge in [0.15, 0.2) is 5.76 Å². The summed E-state index contributed by atoms with van der Waals surface area (Å²) in [6.07, 6.45) is 3.74. The van der Waals surface area contributed by atoms with Gasteiger partial charge >= 0.3 is 0 Å². The van der Waals surface area contributed by atoms with Gasteiger partial charge in [-0.3, -0.25) is 4.90 Å². The molecule has 0 N–H and O–H groups in total. The lowest BCUT2D eigenvalue weighted by Gasteiger charge is -2.36. The van der Waals surface area contributed by atoms with Crippen LogP contribution in [0.2, 0.25) is 0 Å². The van der Waals surface area contributed by atoms with Gasteiger partial charge in [0.25, 0.3) is 5.89 Å². The molecule has 1 aromatic carbocycles. The van der Waals surface area contributed by atoms with Gasteiger partial charge in [0.05, 0.1) is 18.8 Å². The molecule has 0 spiro atoms. The molecule has 0 saturated heterocycles. The predicted octanol–water partition coefficient (Wildman–Crippen LogP) is 3.74. The minimum atomic E-state index is 0.166. The van der Waals surface area contributed by atoms with Crippen LogP contribution in [0.3, 0.4) is 0 Å². The van der Waals surface area contributed by atoms with Gasteiger partial charge < -0.3 is 13.4 Å². The van der Waals surface area contributed by atoms with Crippen LogP contribution in [0, 0.1) is 0 Å². The zero-order chi connectivity index (χ0) is 17.3. The summed E-state index contributed by atoms with van der Waals surface area (Å²) in [5.74, 6) is 1.61. The van der Waals surface area contributed by atoms with Gasteiger partial charge in [0.2, 0.25) is 5.89 Å². The number of hydrogen-bond acceptors (Lipinski definition) is 5. The van der Waals surface area contributed by atoms with E-state index < -0.39 is 0 Å². The van der Waals surface area contributed by atoms with Gasteiger partial charge in [-0.1, -0.05) is 30.3 Å². The van der Waals surface area contributed by atoms with Gasteiger partial charge in [-0.25, -0.2) is 0 Å². The molecule has 5 rings (SSSR count). The Labute approximate surface area is 150 Å². The number of benzene rings is 1. The number of fused-ring (bicyclic) bond motifs is 1. The summed E-state index contributed by atoms with van der Waals surface area (Å²) in [5.41, 5.74) is 2.55. The summed E-state index contributed by atoms with van der Waals surface area (Å²) in [4.78, 5) is 2.38. The van der Waals surface area contributed by atoms with Crippen LogP contribution in [0.25, 0.3) is 11.7 Å². The molecule has 1 aliphatic rings. The Kier molecular flexibility index (Phi) is 3.68. The third kappa shape index (κ3) is 2.64. The molecule has 0 bridgehead atoms. The molecule has 6 heteroatoms. The van der Waals surface area contributed by atoms with Crippen LogP contribution in [-0.4, -0.2) is 26.2 Å². The van der Waals surface area contributed by atoms with Crippen molar-refractivity contribution in [1.82, 2.24) is 19.7 Å². The molecule has 0 aliphatic carbocycles. The molecular weight excluding hydrogens is 328 g/mol. The summed E-state index contributed by atoms with van der Waals surface area (Å²) in [6, 6.07) is 18.6. The van der Waals surface area contributed by atoms with E-state index in [0.717, 1.165) is 13.1 Å². The van der Waals surface area contributed by atoms with Crippen LogP contribution < -0.4 is 0 Å². The van der Waals surface area contributed by atoms with E-state index >= 15 is 0 Å². The zero-order valence-corrected chi connectivity index (χ0v) is 14.2. The Morgan fingerprint density at radius 1 is 0.962 bits per heavy atom. The third-order valence-electron chi connectivity index (χ3n) is 4.79. The van der Waals surface area contributed by atoms with Gasteiger partial charge in [0, 0.05) is 25.0 Å². The second kappa shape index (κ2) is 6.31. The minimum Gasteiger partial charge on any atom is -0.459 e. The first-order valence-corrected chi connectivity index (χ1v) is 8.69. The van der Waals surface area contributed by atoms with Crippen LogP contribution in [0.4, 0.5) is 0 Å². The van der Waals surface area contributed by atoms with Crippen molar-refractivity contribution in [1.29, 1.82) is 0 Å². The van der Waals surface area contributed by atoms with Crippen molar-refractivity contribution < 1.29 is 8.83 Å². The van der Waals surface area contributed by atoms with E-state index in [1.807, 2.05) is 18.2 Å². The predicted molar refractivity (Wildman–Crippen MR) is 95.1 cm³/mol. The van der Waals surface area contributed by atoms with Crippen molar-refractivity contribution in [3.8, 4) is 11.7 Å². The van der Waals surface area contributed by atoms with E-state index in [-0.39, 0.29) is 6.04 Å². The molecule has 4 aromatic rings. The van der Waals surface area contributed by atoms with Gasteiger partial charge in [-0.15, -0.1) is 10.2 Å². The maximum atomic E-state index is 5.82. The van der Waals surface area contributed by atoms with Crippen LogP contribution in [0.1, 0.15) is 23.2 Å². The highest BCUT2D eigenvalue weighted by Crippen LogP contribution is 2.33. The van der Waals surface area contributed by atoms with Crippen LogP contribution in [0.5, 0.6) is 0 Å². The van der Waals surface area contributed by atoms with E-state index in [1.54, 1.807) is 6.26 Å². The fourth-order valence-corrected chi connectivity index (χ4v) is 3.61. The van der Waals surface area contributed by atoms with Crippen molar-refractivity contribution in [3.63, 3.8) is 0 Å². The zero-order valence-electron chi connectivity index (χ0n) is 14.2. The molecule has 1 atom stereocenters. The number of nitrogens with zero attached hydrogens (tertiary/aromatic N) is 4. The molecule has 1 aliphatic heterocycles. The molecule has 130 valence electrons. The monoisotopic (exact) mass is 346 g/mol. The van der Waals surface area contributed by atoms with Crippen molar-refractivity contribution in [2.45, 2.75) is 19.1 Å². The van der Waals surface area contributed by atoms with Crippen molar-refractivity contribution in [2.24, 2.45) is 0 Å². The maximum absolute atomic E-state index is 5.82. The highest BCUT2D eigenvalue weighted by Gasteiger charge is 2.30. The van der Waals surface area contributed by atoms with Crippen LogP contribution >= 0.6 is 0 Å². The highest BCUT2D eigenvalue weighted by molar-refractivity contribution is 5.42. The summed E-state index contributed by atoms with van der Waals surface area (Å²) in [5, 5.41) is 8.33. The smallest absolute Gasteiger partial charge is 0.283 e. The number of aromatic nitrogens is 3. The summed E-state index contributed by atoms with van der Waals surface area (Å²) >= 11 is 0. The molecule has 3 aromatic heterocycles. The van der Waals surface area contributed by atoms with Gasteiger partial charge in [-0.2, -0.15) is 0 Å². The summed E-state index contributed by atoms with van der Waals surface area (Å²) in [7, 11) is 0. The lowest BCUT2D eigenvalue weighted by Crippen LogP contribution is -2.38. The Balaban J connectivity index is 1.46. The van der Waals surface area contributed by atoms with E-state index in [9.17, 15) is 0 Å². The Hall–Kier alpha value is -3.12. The van der Waals surface area contributed by atoms with E-state index in [2.05, 4.69) is 62.3 Å². The number of rotatable bonds is 4. The molecule has 26 heavy (non-hydrogen) atoms. The largest absolute Gasteiger partial charge is 0.459 e. The summed E-state index contributed by atoms with van der Waals surface area (Å²) in [6.45, 7) is 2.46. The average molecular weight is 346 g/mol. The molecule has 0 fully saturated rings. The van der Waals surface area contributed by atoms with Gasteiger partial charge in [0.1, 0.15) is 0 Å². The average Bonchev–Trinajstić information content (AvgIpc) is 3.43. The molecule has 4 heterocycles. The Morgan fingerprint density at radius 3 is 2.73 bits per heavy atom. The molecule has 0 radical (unpaired) electrons. The molecule has 0 amide bonds. The SMILES string of the molecule is c1ccc(C2c3cccn3CCN2Cc2nnc(-c3ccco3)o2)cc1. The van der Waals surface area contributed by atoms with Crippen LogP contribution in [-0.2, 0) is 13.1 Å². The van der Waals surface area contributed by atoms with Gasteiger partial charge in [-0.05, 0) is 29.8 Å². The first-order valence-electron chi connectivity index (χ1n) is 8.69. The minimum absolute atomic E-state index is 0.166. The Morgan fingerprint density at radius 2 is 1.88 bits per heavy atom. The molecule has 1 unspecified atom stereocenters. The molecular formula is C20H18N4O2. The molecule has 6 nitrogen and oxygen atoms in total. The third-order valence-corrected chi connectivity index (χ3v) is 4.79. The first-order chi connectivity index (χ1) is 12.9. The van der Waals surface area contributed by atoms with E-state index in [0.29, 0.717) is 24.1 Å². The quantitative estimate of drug-likeness (QED) is 0.563. The lowest BCUT2D eigenvalue weighted by molar-refractivity contribution is 0.159. The first kappa shape index (κ1) is 15.2. The van der Waals surface area contributed by atoms with Crippen molar-refractivity contribution in [3.05, 3.63) is 84.2 Å². The normalized spacial score (nSPS) is 17.3.